The van der Waals surface area contributed by atoms with Crippen LogP contribution in [0.15, 0.2) is 285 Å². The lowest BCUT2D eigenvalue weighted by Gasteiger charge is -2.42. The fourth-order valence-corrected chi connectivity index (χ4v) is 19.2. The van der Waals surface area contributed by atoms with Gasteiger partial charge in [0.05, 0.1) is 59.5 Å². The highest BCUT2D eigenvalue weighted by Crippen LogP contribution is 2.54. The second-order valence-corrected chi connectivity index (χ2v) is 35.7. The first-order chi connectivity index (χ1) is 57.8. The van der Waals surface area contributed by atoms with Crippen LogP contribution in [0.1, 0.15) is 157 Å². The monoisotopic (exact) mass is 1390 g/mol. The minimum absolute atomic E-state index is 0.00394. The molecule has 17 rings (SSSR count). The molecule has 0 atom stereocenters. The number of para-hydroxylation sites is 1. The Hall–Kier alpha value is -10.9. The van der Waals surface area contributed by atoms with Crippen molar-refractivity contribution < 1.29 is 35.3 Å². The van der Waals surface area contributed by atoms with Gasteiger partial charge in [-0.05, 0) is 205 Å². The first-order valence-corrected chi connectivity index (χ1v) is 37.6. The molecule has 0 amide bonds. The Morgan fingerprint density at radius 1 is 0.433 bits per heavy atom. The van der Waals surface area contributed by atoms with Crippen molar-refractivity contribution in [1.29, 1.82) is 0 Å². The highest BCUT2D eigenvalue weighted by atomic mass is 28.3. The molecule has 512 valence electrons. The number of fused-ring (bicyclic) bond motifs is 11. The van der Waals surface area contributed by atoms with Crippen LogP contribution >= 0.6 is 0 Å². The molecule has 3 aromatic heterocycles. The Bertz CT molecular complexity index is 6850. The van der Waals surface area contributed by atoms with Gasteiger partial charge in [0.2, 0.25) is 0 Å². The van der Waals surface area contributed by atoms with Gasteiger partial charge in [-0.2, -0.15) is 0 Å². The molecule has 15 aromatic rings. The van der Waals surface area contributed by atoms with Crippen LogP contribution in [0.2, 0.25) is 0 Å². The number of pyridine rings is 1. The third-order valence-corrected chi connectivity index (χ3v) is 25.5. The second-order valence-electron chi connectivity index (χ2n) is 32.2. The molecule has 0 fully saturated rings. The van der Waals surface area contributed by atoms with Gasteiger partial charge in [-0.15, -0.1) is 0 Å². The smallest absolute Gasteiger partial charge is 0.269 e. The summed E-state index contributed by atoms with van der Waals surface area (Å²) in [7, 11) is -6.32. The lowest BCUT2D eigenvalue weighted by Crippen LogP contribution is -2.74. The quantitative estimate of drug-likeness (QED) is 0.0592. The normalized spacial score (nSPS) is 16.6. The maximum atomic E-state index is 11.3. The Morgan fingerprint density at radius 3 is 1.63 bits per heavy atom. The number of hydrogen-bond donors (Lipinski definition) is 0. The standard InChI is InChI=1S/C98H90N4OSi/c1-94(2,3)67-45-43-64(44-46-67)81-56-69(96(7,8)9)57-85-83-62-87-86(97(10,11)50-51-98(87,12)13)61-82(83)77-39-23-24-40-78(77)84-54-66(65-29-27-38-76(53-65)104(73-32-17-14-18-33-73,74-34-19-15-20-35-74)75-36-21-16-22-37-75)55-90-93(84)101(92(81)85)63-100(90)70-30-28-31-71(59-70)103-72-47-48-80-79-41-25-26-42-88(79)102(89(80)60-72)91-58-68(49-52-99-91)95(4,5)6/h14-49,52-62H,50-51H2,1-13H3/i14D,15D,16D,17D,18D,19D,20D,21D,22D,27D,29D,32D,33D,34D,35D,36D,37D,38D,53D. The predicted octanol–water partition coefficient (Wildman–Crippen LogP) is 22.3. The molecule has 0 bridgehead atoms. The van der Waals surface area contributed by atoms with E-state index in [4.69, 9.17) is 13.8 Å². The number of imidazole rings is 1. The zero-order valence-corrected chi connectivity index (χ0v) is 61.8. The van der Waals surface area contributed by atoms with Gasteiger partial charge in [-0.1, -0.05) is 302 Å². The number of aromatic nitrogens is 4. The topological polar surface area (TPSA) is 35.9 Å². The van der Waals surface area contributed by atoms with Crippen LogP contribution in [0.4, 0.5) is 0 Å². The van der Waals surface area contributed by atoms with Crippen LogP contribution in [-0.4, -0.2) is 22.2 Å². The van der Waals surface area contributed by atoms with E-state index in [0.717, 1.165) is 96.2 Å². The Labute approximate surface area is 641 Å². The van der Waals surface area contributed by atoms with Crippen LogP contribution in [0.25, 0.3) is 106 Å². The summed E-state index contributed by atoms with van der Waals surface area (Å²) in [5.41, 5.74) is 13.9. The molecule has 0 N–H and O–H groups in total. The van der Waals surface area contributed by atoms with E-state index in [1.165, 1.54) is 11.1 Å². The zero-order chi connectivity index (χ0) is 88.4. The molecular formula is C98H90N4OSi. The van der Waals surface area contributed by atoms with E-state index in [2.05, 4.69) is 178 Å². The molecule has 1 aliphatic heterocycles. The molecular weight excluding hydrogens is 1280 g/mol. The van der Waals surface area contributed by atoms with Crippen molar-refractivity contribution in [3.05, 3.63) is 319 Å². The third-order valence-electron chi connectivity index (χ3n) is 21.5. The first kappa shape index (κ1) is 48.1. The first-order valence-electron chi connectivity index (χ1n) is 45.1. The van der Waals surface area contributed by atoms with Crippen LogP contribution in [0, 0.1) is 6.33 Å². The highest BCUT2D eigenvalue weighted by Gasteiger charge is 2.43. The molecule has 0 saturated carbocycles. The Morgan fingerprint density at radius 2 is 1.00 bits per heavy atom. The summed E-state index contributed by atoms with van der Waals surface area (Å²) in [4.78, 5) is 4.95. The molecule has 12 aromatic carbocycles. The fourth-order valence-electron chi connectivity index (χ4n) is 15.7. The molecule has 0 unspecified atom stereocenters. The lowest BCUT2D eigenvalue weighted by atomic mass is 9.62. The fraction of sp³-hybridized carbons (Fsp3) is 0.204. The number of hydrogen-bond acceptors (Lipinski definition) is 2. The molecule has 0 spiro atoms. The van der Waals surface area contributed by atoms with E-state index in [-0.39, 0.29) is 27.2 Å². The van der Waals surface area contributed by atoms with E-state index in [9.17, 15) is 21.9 Å². The molecule has 1 aliphatic carbocycles. The van der Waals surface area contributed by atoms with Gasteiger partial charge >= 0.3 is 0 Å². The van der Waals surface area contributed by atoms with Crippen molar-refractivity contribution in [3.8, 4) is 84.3 Å². The zero-order valence-electron chi connectivity index (χ0n) is 79.8. The molecule has 0 radical (unpaired) electrons. The van der Waals surface area contributed by atoms with Crippen molar-refractivity contribution in [2.24, 2.45) is 0 Å². The summed E-state index contributed by atoms with van der Waals surface area (Å²) in [5.74, 6) is 1.62. The van der Waals surface area contributed by atoms with Crippen molar-refractivity contribution in [2.75, 3.05) is 0 Å². The van der Waals surface area contributed by atoms with Crippen molar-refractivity contribution in [3.63, 3.8) is 0 Å². The summed E-state index contributed by atoms with van der Waals surface area (Å²) >= 11 is 0. The average Bonchev–Trinajstić information content (AvgIpc) is 1.18. The van der Waals surface area contributed by atoms with Gasteiger partial charge in [0, 0.05) is 23.0 Å². The molecule has 2 aliphatic rings. The van der Waals surface area contributed by atoms with Crippen molar-refractivity contribution in [2.45, 2.75) is 130 Å². The summed E-state index contributed by atoms with van der Waals surface area (Å²) in [6.07, 6.45) is 7.61. The Balaban J connectivity index is 1.05. The van der Waals surface area contributed by atoms with E-state index in [1.54, 1.807) is 12.1 Å². The molecule has 0 saturated heterocycles. The van der Waals surface area contributed by atoms with E-state index in [0.29, 0.717) is 39.3 Å². The van der Waals surface area contributed by atoms with Gasteiger partial charge in [0.25, 0.3) is 6.33 Å². The van der Waals surface area contributed by atoms with Crippen LogP contribution in [-0.2, 0) is 27.1 Å². The van der Waals surface area contributed by atoms with Gasteiger partial charge in [-0.25, -0.2) is 4.98 Å². The summed E-state index contributed by atoms with van der Waals surface area (Å²) in [6, 6.07) is 35.7. The largest absolute Gasteiger partial charge is 0.458 e. The maximum Gasteiger partial charge on any atom is 0.269 e. The predicted molar refractivity (Wildman–Crippen MR) is 438 cm³/mol. The highest BCUT2D eigenvalue weighted by molar-refractivity contribution is 7.20. The molecule has 4 heterocycles. The summed E-state index contributed by atoms with van der Waals surface area (Å²) < 4.78 is 199. The van der Waals surface area contributed by atoms with Crippen LogP contribution < -0.4 is 30.1 Å². The number of benzene rings is 12. The lowest BCUT2D eigenvalue weighted by molar-refractivity contribution is -0.570. The summed E-state index contributed by atoms with van der Waals surface area (Å²) in [6.45, 7) is 28.9. The summed E-state index contributed by atoms with van der Waals surface area (Å²) in [5, 5.41) is -1.72. The molecule has 6 heteroatoms. The number of ether oxygens (including phenoxy) is 1. The minimum atomic E-state index is -6.32. The van der Waals surface area contributed by atoms with Crippen molar-refractivity contribution in [1.82, 2.24) is 14.1 Å². The van der Waals surface area contributed by atoms with E-state index >= 15 is 0 Å². The van der Waals surface area contributed by atoms with Crippen molar-refractivity contribution >= 4 is 61.7 Å². The number of nitrogens with zero attached hydrogens (tertiary/aromatic N) is 4. The minimum Gasteiger partial charge on any atom is -0.458 e. The third kappa shape index (κ3) is 11.2. The van der Waals surface area contributed by atoms with Gasteiger partial charge in [-0.3, -0.25) is 13.7 Å². The van der Waals surface area contributed by atoms with Crippen LogP contribution in [0.5, 0.6) is 11.5 Å². The average molecular weight is 1390 g/mol. The van der Waals surface area contributed by atoms with Crippen LogP contribution in [0.3, 0.4) is 0 Å². The van der Waals surface area contributed by atoms with E-state index in [1.807, 2.05) is 89.6 Å². The number of rotatable bonds is 10. The second kappa shape index (κ2) is 24.6. The van der Waals surface area contributed by atoms with E-state index < -0.39 is 155 Å². The van der Waals surface area contributed by atoms with Gasteiger partial charge in [0.15, 0.2) is 8.07 Å². The molecule has 104 heavy (non-hydrogen) atoms. The maximum absolute atomic E-state index is 11.3. The van der Waals surface area contributed by atoms with Gasteiger partial charge in [0.1, 0.15) is 17.3 Å². The van der Waals surface area contributed by atoms with Gasteiger partial charge < -0.3 is 4.74 Å². The Kier molecular flexibility index (Phi) is 11.4. The molecule has 5 nitrogen and oxygen atoms in total. The SMILES string of the molecule is [2H]c1c([2H])c([2H])c([Si](c2c([2H])c([2H])c([2H])c([2H])c2[2H])(c2c([2H])c([2H])c([2H])c([2H])c2[2H])c2c([2H])c([2H])c([2H])c(-c3cc4c5c(c3)n(-c3cccc(Oc6ccc7c8ccccc8n(-c8cc(C(C)(C)C)ccn8)c7c6)c3)[c-][n+]5-c3c(-c5ccc(C(C)(C)C)cc5)cc(C(C)(C)C)cc3-c3cc5c(cc3-c3ccccc3-4)C(C)(C)CCC5(C)C)c2[2H])c([2H])c1[2H].